The van der Waals surface area contributed by atoms with E-state index in [0.717, 1.165) is 19.5 Å². The summed E-state index contributed by atoms with van der Waals surface area (Å²) in [6.45, 7) is 4.56. The van der Waals surface area contributed by atoms with Crippen molar-refractivity contribution in [1.29, 1.82) is 0 Å². The third-order valence-electron chi connectivity index (χ3n) is 4.97. The Hall–Kier alpha value is -1.28. The normalized spacial score (nSPS) is 19.0. The molecule has 2 N–H and O–H groups in total. The highest BCUT2D eigenvalue weighted by Gasteiger charge is 2.10. The first kappa shape index (κ1) is 15.6. The molecule has 0 saturated carbocycles. The number of hydrogen-bond acceptors (Lipinski definition) is 2. The van der Waals surface area contributed by atoms with Gasteiger partial charge >= 0.3 is 0 Å². The Morgan fingerprint density at radius 3 is 3.00 bits per heavy atom. The molecule has 0 radical (unpaired) electrons. The zero-order valence-electron chi connectivity index (χ0n) is 14.0. The number of nitrogens with one attached hydrogen (secondary N) is 2. The van der Waals surface area contributed by atoms with Crippen molar-refractivity contribution in [3.63, 3.8) is 0 Å². The molecule has 1 aliphatic heterocycles. The topological polar surface area (TPSA) is 24.1 Å². The van der Waals surface area contributed by atoms with E-state index in [-0.39, 0.29) is 0 Å². The van der Waals surface area contributed by atoms with E-state index in [9.17, 15) is 0 Å². The molecule has 1 heterocycles. The minimum absolute atomic E-state index is 0.554. The molecule has 0 spiro atoms. The molecule has 0 bridgehead atoms. The van der Waals surface area contributed by atoms with E-state index in [1.54, 1.807) is 5.57 Å². The first-order chi connectivity index (χ1) is 10.8. The van der Waals surface area contributed by atoms with Gasteiger partial charge in [0.2, 0.25) is 0 Å². The molecule has 1 aliphatic carbocycles. The first-order valence-corrected chi connectivity index (χ1v) is 9.08. The van der Waals surface area contributed by atoms with Crippen LogP contribution in [0.4, 0.5) is 5.69 Å². The van der Waals surface area contributed by atoms with Gasteiger partial charge in [0, 0.05) is 18.3 Å². The maximum Gasteiger partial charge on any atom is 0.0372 e. The fraction of sp³-hybridized carbons (Fsp3) is 0.600. The van der Waals surface area contributed by atoms with Crippen molar-refractivity contribution in [2.24, 2.45) is 0 Å². The largest absolute Gasteiger partial charge is 0.385 e. The number of fused-ring (bicyclic) bond motifs is 1. The molecule has 2 nitrogen and oxygen atoms in total. The van der Waals surface area contributed by atoms with Crippen LogP contribution in [0.25, 0.3) is 0 Å². The van der Waals surface area contributed by atoms with Crippen molar-refractivity contribution in [3.8, 4) is 0 Å². The molecule has 3 rings (SSSR count). The van der Waals surface area contributed by atoms with Crippen LogP contribution in [0.3, 0.4) is 0 Å². The molecule has 120 valence electrons. The van der Waals surface area contributed by atoms with Gasteiger partial charge in [-0.05, 0) is 82.0 Å². The Morgan fingerprint density at radius 1 is 1.18 bits per heavy atom. The van der Waals surface area contributed by atoms with E-state index in [2.05, 4.69) is 41.8 Å². The molecule has 0 fully saturated rings. The lowest BCUT2D eigenvalue weighted by atomic mass is 9.96. The van der Waals surface area contributed by atoms with Crippen LogP contribution in [-0.4, -0.2) is 19.1 Å². The van der Waals surface area contributed by atoms with Crippen LogP contribution in [0.2, 0.25) is 0 Å². The van der Waals surface area contributed by atoms with Crippen LogP contribution < -0.4 is 10.6 Å². The Labute approximate surface area is 135 Å². The minimum Gasteiger partial charge on any atom is -0.385 e. The number of allylic oxidation sites excluding steroid dienone is 1. The van der Waals surface area contributed by atoms with Gasteiger partial charge in [-0.3, -0.25) is 0 Å². The zero-order valence-corrected chi connectivity index (χ0v) is 14.0. The highest BCUT2D eigenvalue weighted by molar-refractivity contribution is 5.54. The van der Waals surface area contributed by atoms with E-state index in [1.165, 1.54) is 61.8 Å². The number of benzene rings is 1. The predicted octanol–water partition coefficient (Wildman–Crippen LogP) is 4.46. The number of rotatable bonds is 6. The molecule has 1 aromatic carbocycles. The van der Waals surface area contributed by atoms with Gasteiger partial charge in [-0.15, -0.1) is 0 Å². The van der Waals surface area contributed by atoms with E-state index < -0.39 is 0 Å². The summed E-state index contributed by atoms with van der Waals surface area (Å²) in [5.74, 6) is 0. The lowest BCUT2D eigenvalue weighted by Crippen LogP contribution is -2.29. The van der Waals surface area contributed by atoms with Crippen LogP contribution in [-0.2, 0) is 12.8 Å². The molecular formula is C20H30N2. The Bertz CT molecular complexity index is 518. The Morgan fingerprint density at radius 2 is 2.14 bits per heavy atom. The third-order valence-corrected chi connectivity index (χ3v) is 4.97. The molecule has 1 unspecified atom stereocenters. The van der Waals surface area contributed by atoms with Crippen molar-refractivity contribution in [2.45, 2.75) is 64.3 Å². The van der Waals surface area contributed by atoms with Crippen LogP contribution in [0.5, 0.6) is 0 Å². The maximum atomic E-state index is 3.70. The zero-order chi connectivity index (χ0) is 15.2. The lowest BCUT2D eigenvalue weighted by molar-refractivity contribution is 0.538. The third kappa shape index (κ3) is 4.36. The SMILES string of the molecule is CC(Cc1ccc2c(c1)CCCN2)NCCC1=CCCCC1. The van der Waals surface area contributed by atoms with Gasteiger partial charge in [0.15, 0.2) is 0 Å². The van der Waals surface area contributed by atoms with Crippen molar-refractivity contribution in [3.05, 3.63) is 41.0 Å². The average Bonchev–Trinajstić information content (AvgIpc) is 2.56. The second-order valence-electron chi connectivity index (χ2n) is 6.94. The van der Waals surface area contributed by atoms with Gasteiger partial charge in [-0.2, -0.15) is 0 Å². The van der Waals surface area contributed by atoms with Crippen LogP contribution in [0.15, 0.2) is 29.8 Å². The van der Waals surface area contributed by atoms with E-state index in [0.29, 0.717) is 6.04 Å². The molecular weight excluding hydrogens is 268 g/mol. The van der Waals surface area contributed by atoms with Crippen molar-refractivity contribution in [2.75, 3.05) is 18.4 Å². The average molecular weight is 298 g/mol. The molecule has 1 aromatic rings. The van der Waals surface area contributed by atoms with Crippen LogP contribution >= 0.6 is 0 Å². The molecule has 0 aromatic heterocycles. The summed E-state index contributed by atoms with van der Waals surface area (Å²) in [6, 6.07) is 7.52. The summed E-state index contributed by atoms with van der Waals surface area (Å²) in [5.41, 5.74) is 5.99. The van der Waals surface area contributed by atoms with Crippen molar-refractivity contribution in [1.82, 2.24) is 5.32 Å². The highest BCUT2D eigenvalue weighted by atomic mass is 14.9. The molecule has 0 saturated heterocycles. The minimum atomic E-state index is 0.554. The number of hydrogen-bond donors (Lipinski definition) is 2. The van der Waals surface area contributed by atoms with Gasteiger partial charge in [0.25, 0.3) is 0 Å². The van der Waals surface area contributed by atoms with Crippen molar-refractivity contribution >= 4 is 5.69 Å². The van der Waals surface area contributed by atoms with Gasteiger partial charge in [-0.25, -0.2) is 0 Å². The highest BCUT2D eigenvalue weighted by Crippen LogP contribution is 2.23. The summed E-state index contributed by atoms with van der Waals surface area (Å²) in [6.07, 6.45) is 12.7. The van der Waals surface area contributed by atoms with Crippen LogP contribution in [0.1, 0.15) is 56.6 Å². The number of aryl methyl sites for hydroxylation is 1. The molecule has 2 aliphatic rings. The Balaban J connectivity index is 1.45. The monoisotopic (exact) mass is 298 g/mol. The van der Waals surface area contributed by atoms with E-state index in [4.69, 9.17) is 0 Å². The second-order valence-corrected chi connectivity index (χ2v) is 6.94. The lowest BCUT2D eigenvalue weighted by Gasteiger charge is -2.20. The predicted molar refractivity (Wildman–Crippen MR) is 95.6 cm³/mol. The fourth-order valence-electron chi connectivity index (χ4n) is 3.69. The van der Waals surface area contributed by atoms with E-state index >= 15 is 0 Å². The molecule has 0 amide bonds. The number of anilines is 1. The van der Waals surface area contributed by atoms with Crippen LogP contribution in [0, 0.1) is 0 Å². The summed E-state index contributed by atoms with van der Waals surface area (Å²) in [4.78, 5) is 0. The quantitative estimate of drug-likeness (QED) is 0.758. The van der Waals surface area contributed by atoms with Gasteiger partial charge in [-0.1, -0.05) is 23.8 Å². The summed E-state index contributed by atoms with van der Waals surface area (Å²) >= 11 is 0. The van der Waals surface area contributed by atoms with Gasteiger partial charge in [0.1, 0.15) is 0 Å². The summed E-state index contributed by atoms with van der Waals surface area (Å²) < 4.78 is 0. The smallest absolute Gasteiger partial charge is 0.0372 e. The second kappa shape index (κ2) is 7.82. The summed E-state index contributed by atoms with van der Waals surface area (Å²) in [5, 5.41) is 7.19. The standard InChI is InChI=1S/C20H30N2/c1-16(21-13-11-17-6-3-2-4-7-17)14-18-9-10-20-19(15-18)8-5-12-22-20/h6,9-10,15-16,21-22H,2-5,7-8,11-14H2,1H3. The van der Waals surface area contributed by atoms with Crippen molar-refractivity contribution < 1.29 is 0 Å². The Kier molecular flexibility index (Phi) is 5.55. The maximum absolute atomic E-state index is 3.70. The van der Waals surface area contributed by atoms with Gasteiger partial charge in [0.05, 0.1) is 0 Å². The van der Waals surface area contributed by atoms with Gasteiger partial charge < -0.3 is 10.6 Å². The molecule has 2 heteroatoms. The fourth-order valence-corrected chi connectivity index (χ4v) is 3.69. The summed E-state index contributed by atoms with van der Waals surface area (Å²) in [7, 11) is 0. The molecule has 1 atom stereocenters. The van der Waals surface area contributed by atoms with E-state index in [1.807, 2.05) is 0 Å². The first-order valence-electron chi connectivity index (χ1n) is 9.08. The molecule has 22 heavy (non-hydrogen) atoms.